The first-order chi connectivity index (χ1) is 13.1. The molecule has 8 heteroatoms. The topological polar surface area (TPSA) is 103 Å². The minimum atomic E-state index is -0.486. The summed E-state index contributed by atoms with van der Waals surface area (Å²) in [5, 5.41) is 5.56. The van der Waals surface area contributed by atoms with E-state index in [1.807, 2.05) is 18.2 Å². The van der Waals surface area contributed by atoms with Crippen LogP contribution in [0.2, 0.25) is 0 Å². The number of carbonyl (C=O) groups excluding carboxylic acids is 2. The van der Waals surface area contributed by atoms with Crippen molar-refractivity contribution >= 4 is 35.6 Å². The van der Waals surface area contributed by atoms with E-state index in [1.54, 1.807) is 36.4 Å². The zero-order valence-corrected chi connectivity index (χ0v) is 16.1. The molecular weight excluding hydrogens is 382 g/mol. The first-order valence-electron chi connectivity index (χ1n) is 8.88. The molecule has 0 aromatic heterocycles. The smallest absolute Gasteiger partial charge is 0.262 e. The van der Waals surface area contributed by atoms with E-state index in [0.717, 1.165) is 6.42 Å². The largest absolute Gasteiger partial charge is 0.484 e. The maximum atomic E-state index is 12.3. The van der Waals surface area contributed by atoms with E-state index in [9.17, 15) is 9.59 Å². The lowest BCUT2D eigenvalue weighted by atomic mass is 10.2. The van der Waals surface area contributed by atoms with Gasteiger partial charge in [0, 0.05) is 24.0 Å². The molecule has 1 saturated heterocycles. The van der Waals surface area contributed by atoms with E-state index < -0.39 is 6.10 Å². The number of hydrogen-bond acceptors (Lipinski definition) is 5. The number of halogens is 1. The molecule has 28 heavy (non-hydrogen) atoms. The number of benzene rings is 2. The predicted molar refractivity (Wildman–Crippen MR) is 110 cm³/mol. The average Bonchev–Trinajstić information content (AvgIpc) is 3.17. The summed E-state index contributed by atoms with van der Waals surface area (Å²) >= 11 is 0. The second kappa shape index (κ2) is 10.7. The Hall–Kier alpha value is -2.61. The third kappa shape index (κ3) is 6.23. The SMILES string of the molecule is Cl.NC[C@H]1CC[C@@H](C(=O)Nc2cccc(OCC(=O)Nc3ccccc3)c2)O1. The fourth-order valence-corrected chi connectivity index (χ4v) is 2.83. The van der Waals surface area contributed by atoms with Gasteiger partial charge in [0.25, 0.3) is 11.8 Å². The van der Waals surface area contributed by atoms with Crippen molar-refractivity contribution in [3.8, 4) is 5.75 Å². The zero-order valence-electron chi connectivity index (χ0n) is 15.3. The summed E-state index contributed by atoms with van der Waals surface area (Å²) in [5.41, 5.74) is 6.86. The van der Waals surface area contributed by atoms with E-state index >= 15 is 0 Å². The highest BCUT2D eigenvalue weighted by Gasteiger charge is 2.29. The Kier molecular flexibility index (Phi) is 8.25. The summed E-state index contributed by atoms with van der Waals surface area (Å²) in [6, 6.07) is 16.0. The van der Waals surface area contributed by atoms with E-state index in [2.05, 4.69) is 10.6 Å². The van der Waals surface area contributed by atoms with Gasteiger partial charge in [-0.2, -0.15) is 0 Å². The van der Waals surface area contributed by atoms with Crippen LogP contribution in [0.15, 0.2) is 54.6 Å². The van der Waals surface area contributed by atoms with Crippen LogP contribution in [-0.2, 0) is 14.3 Å². The molecule has 2 aromatic rings. The first kappa shape index (κ1) is 21.7. The number of carbonyl (C=O) groups is 2. The minimum Gasteiger partial charge on any atom is -0.484 e. The summed E-state index contributed by atoms with van der Waals surface area (Å²) in [4.78, 5) is 24.2. The highest BCUT2D eigenvalue weighted by atomic mass is 35.5. The number of ether oxygens (including phenoxy) is 2. The zero-order chi connectivity index (χ0) is 19.1. The molecule has 3 rings (SSSR count). The molecular formula is C20H24ClN3O4. The minimum absolute atomic E-state index is 0. The van der Waals surface area contributed by atoms with Crippen LogP contribution in [0.5, 0.6) is 5.75 Å². The lowest BCUT2D eigenvalue weighted by molar-refractivity contribution is -0.126. The van der Waals surface area contributed by atoms with Gasteiger partial charge in [-0.1, -0.05) is 24.3 Å². The fraction of sp³-hybridized carbons (Fsp3) is 0.300. The Bertz CT molecular complexity index is 788. The molecule has 0 spiro atoms. The highest BCUT2D eigenvalue weighted by Crippen LogP contribution is 2.22. The summed E-state index contributed by atoms with van der Waals surface area (Å²) in [6.45, 7) is 0.286. The molecule has 0 saturated carbocycles. The van der Waals surface area contributed by atoms with Gasteiger partial charge in [-0.25, -0.2) is 0 Å². The van der Waals surface area contributed by atoms with Crippen molar-refractivity contribution in [3.05, 3.63) is 54.6 Å². The van der Waals surface area contributed by atoms with Crippen molar-refractivity contribution in [2.24, 2.45) is 5.73 Å². The van der Waals surface area contributed by atoms with Crippen LogP contribution < -0.4 is 21.1 Å². The quantitative estimate of drug-likeness (QED) is 0.657. The van der Waals surface area contributed by atoms with Crippen LogP contribution in [-0.4, -0.2) is 37.2 Å². The van der Waals surface area contributed by atoms with Crippen LogP contribution in [0, 0.1) is 0 Å². The molecule has 150 valence electrons. The molecule has 0 unspecified atom stereocenters. The molecule has 7 nitrogen and oxygen atoms in total. The van der Waals surface area contributed by atoms with Gasteiger partial charge < -0.3 is 25.8 Å². The lowest BCUT2D eigenvalue weighted by Gasteiger charge is -2.13. The van der Waals surface area contributed by atoms with Crippen LogP contribution in [0.1, 0.15) is 12.8 Å². The number of anilines is 2. The third-order valence-electron chi connectivity index (χ3n) is 4.19. The molecule has 1 aliphatic rings. The van der Waals surface area contributed by atoms with Gasteiger partial charge in [0.1, 0.15) is 11.9 Å². The summed E-state index contributed by atoms with van der Waals surface area (Å²) in [6.07, 6.45) is 0.899. The Morgan fingerprint density at radius 2 is 1.79 bits per heavy atom. The molecule has 2 aromatic carbocycles. The molecule has 0 radical (unpaired) electrons. The molecule has 1 aliphatic heterocycles. The Morgan fingerprint density at radius 3 is 2.50 bits per heavy atom. The van der Waals surface area contributed by atoms with E-state index in [0.29, 0.717) is 30.1 Å². The first-order valence-corrected chi connectivity index (χ1v) is 8.88. The van der Waals surface area contributed by atoms with Crippen molar-refractivity contribution in [1.29, 1.82) is 0 Å². The van der Waals surface area contributed by atoms with Crippen molar-refractivity contribution in [3.63, 3.8) is 0 Å². The maximum Gasteiger partial charge on any atom is 0.262 e. The highest BCUT2D eigenvalue weighted by molar-refractivity contribution is 5.94. The number of rotatable bonds is 7. The molecule has 2 atom stereocenters. The lowest BCUT2D eigenvalue weighted by Crippen LogP contribution is -2.29. The molecule has 0 aliphatic carbocycles. The summed E-state index contributed by atoms with van der Waals surface area (Å²) in [5.74, 6) is 0.0240. The molecule has 2 amide bonds. The number of hydrogen-bond donors (Lipinski definition) is 3. The normalized spacial score (nSPS) is 18.0. The molecule has 0 bridgehead atoms. The third-order valence-corrected chi connectivity index (χ3v) is 4.19. The molecule has 4 N–H and O–H groups in total. The average molecular weight is 406 g/mol. The van der Waals surface area contributed by atoms with Gasteiger partial charge in [0.2, 0.25) is 0 Å². The van der Waals surface area contributed by atoms with Crippen molar-refractivity contribution < 1.29 is 19.1 Å². The summed E-state index contributed by atoms with van der Waals surface area (Å²) in [7, 11) is 0. The Morgan fingerprint density at radius 1 is 1.04 bits per heavy atom. The fourth-order valence-electron chi connectivity index (χ4n) is 2.83. The number of para-hydroxylation sites is 1. The van der Waals surface area contributed by atoms with Crippen LogP contribution in [0.4, 0.5) is 11.4 Å². The maximum absolute atomic E-state index is 12.3. The van der Waals surface area contributed by atoms with Gasteiger partial charge in [0.05, 0.1) is 6.10 Å². The van der Waals surface area contributed by atoms with Gasteiger partial charge in [-0.3, -0.25) is 9.59 Å². The van der Waals surface area contributed by atoms with Crippen LogP contribution >= 0.6 is 12.4 Å². The number of amides is 2. The number of nitrogens with one attached hydrogen (secondary N) is 2. The van der Waals surface area contributed by atoms with Gasteiger partial charge >= 0.3 is 0 Å². The van der Waals surface area contributed by atoms with Gasteiger partial charge in [0.15, 0.2) is 6.61 Å². The monoisotopic (exact) mass is 405 g/mol. The van der Waals surface area contributed by atoms with Crippen molar-refractivity contribution in [2.75, 3.05) is 23.8 Å². The second-order valence-electron chi connectivity index (χ2n) is 6.28. The Balaban J connectivity index is 0.00000280. The molecule has 1 fully saturated rings. The predicted octanol–water partition coefficient (Wildman–Crippen LogP) is 2.57. The summed E-state index contributed by atoms with van der Waals surface area (Å²) < 4.78 is 11.1. The standard InChI is InChI=1S/C20H23N3O4.ClH/c21-12-17-9-10-18(27-17)20(25)23-15-7-4-8-16(11-15)26-13-19(24)22-14-5-2-1-3-6-14;/h1-8,11,17-18H,9-10,12-13,21H2,(H,22,24)(H,23,25);1H/t17-,18+;/m1./s1. The van der Waals surface area contributed by atoms with Crippen LogP contribution in [0.3, 0.4) is 0 Å². The van der Waals surface area contributed by atoms with Crippen molar-refractivity contribution in [1.82, 2.24) is 0 Å². The number of nitrogens with two attached hydrogens (primary N) is 1. The van der Waals surface area contributed by atoms with E-state index in [1.165, 1.54) is 0 Å². The van der Waals surface area contributed by atoms with Gasteiger partial charge in [-0.05, 0) is 37.1 Å². The van der Waals surface area contributed by atoms with Gasteiger partial charge in [-0.15, -0.1) is 12.4 Å². The van der Waals surface area contributed by atoms with Crippen molar-refractivity contribution in [2.45, 2.75) is 25.0 Å². The van der Waals surface area contributed by atoms with E-state index in [4.69, 9.17) is 15.2 Å². The van der Waals surface area contributed by atoms with E-state index in [-0.39, 0.29) is 36.9 Å². The Labute approximate surface area is 170 Å². The second-order valence-corrected chi connectivity index (χ2v) is 6.28. The van der Waals surface area contributed by atoms with Crippen LogP contribution in [0.25, 0.3) is 0 Å². The molecule has 1 heterocycles.